The molecule has 0 spiro atoms. The van der Waals surface area contributed by atoms with Gasteiger partial charge in [-0.2, -0.15) is 0 Å². The minimum atomic E-state index is -0.0561. The number of methoxy groups -OCH3 is 1. The van der Waals surface area contributed by atoms with E-state index < -0.39 is 0 Å². The maximum Gasteiger partial charge on any atom is 0.237 e. The van der Waals surface area contributed by atoms with Gasteiger partial charge >= 0.3 is 0 Å². The summed E-state index contributed by atoms with van der Waals surface area (Å²) in [6.45, 7) is 4.99. The summed E-state index contributed by atoms with van der Waals surface area (Å²) in [5, 5.41) is 2.99. The zero-order chi connectivity index (χ0) is 14.1. The number of ether oxygens (including phenoxy) is 1. The van der Waals surface area contributed by atoms with Crippen LogP contribution in [0.15, 0.2) is 0 Å². The van der Waals surface area contributed by atoms with Crippen LogP contribution in [0.3, 0.4) is 0 Å². The first-order valence-electron chi connectivity index (χ1n) is 7.43. The van der Waals surface area contributed by atoms with Crippen molar-refractivity contribution < 1.29 is 9.53 Å². The van der Waals surface area contributed by atoms with E-state index in [0.29, 0.717) is 25.7 Å². The summed E-state index contributed by atoms with van der Waals surface area (Å²) in [6, 6.07) is 0.519. The standard InChI is InChI=1S/C14H29N3O2/c1-12(14(18)16-9-5-11-19-2)17(10-4-8-15)13-6-3-7-13/h12-13H,3-11,15H2,1-2H3,(H,16,18). The van der Waals surface area contributed by atoms with Crippen molar-refractivity contribution in [1.29, 1.82) is 0 Å². The lowest BCUT2D eigenvalue weighted by molar-refractivity contribution is -0.127. The topological polar surface area (TPSA) is 67.6 Å². The number of nitrogens with zero attached hydrogens (tertiary/aromatic N) is 1. The lowest BCUT2D eigenvalue weighted by Crippen LogP contribution is -2.52. The molecule has 19 heavy (non-hydrogen) atoms. The second kappa shape index (κ2) is 9.28. The lowest BCUT2D eigenvalue weighted by atomic mass is 9.90. The van der Waals surface area contributed by atoms with Crippen LogP contribution in [-0.2, 0) is 9.53 Å². The van der Waals surface area contributed by atoms with Crippen molar-refractivity contribution in [3.63, 3.8) is 0 Å². The molecule has 0 radical (unpaired) electrons. The summed E-state index contributed by atoms with van der Waals surface area (Å²) in [5.41, 5.74) is 5.59. The third kappa shape index (κ3) is 5.47. The fourth-order valence-electron chi connectivity index (χ4n) is 2.41. The summed E-state index contributed by atoms with van der Waals surface area (Å²) in [6.07, 6.45) is 5.53. The van der Waals surface area contributed by atoms with Crippen LogP contribution in [0.1, 0.15) is 39.0 Å². The molecular weight excluding hydrogens is 242 g/mol. The molecule has 1 atom stereocenters. The Bertz CT molecular complexity index is 257. The number of nitrogens with one attached hydrogen (secondary N) is 1. The molecule has 112 valence electrons. The molecule has 0 aliphatic heterocycles. The van der Waals surface area contributed by atoms with E-state index >= 15 is 0 Å². The van der Waals surface area contributed by atoms with E-state index in [1.165, 1.54) is 19.3 Å². The third-order valence-electron chi connectivity index (χ3n) is 3.87. The van der Waals surface area contributed by atoms with Gasteiger partial charge < -0.3 is 15.8 Å². The van der Waals surface area contributed by atoms with E-state index in [2.05, 4.69) is 10.2 Å². The number of hydrogen-bond donors (Lipinski definition) is 2. The Morgan fingerprint density at radius 3 is 2.74 bits per heavy atom. The summed E-state index contributed by atoms with van der Waals surface area (Å²) >= 11 is 0. The first-order chi connectivity index (χ1) is 9.20. The molecule has 3 N–H and O–H groups in total. The molecule has 1 aliphatic rings. The van der Waals surface area contributed by atoms with Gasteiger partial charge in [0.25, 0.3) is 0 Å². The van der Waals surface area contributed by atoms with Gasteiger partial charge in [-0.25, -0.2) is 0 Å². The van der Waals surface area contributed by atoms with Gasteiger partial charge in [-0.05, 0) is 39.2 Å². The first kappa shape index (κ1) is 16.4. The minimum absolute atomic E-state index is 0.0561. The van der Waals surface area contributed by atoms with Crippen LogP contribution in [0.2, 0.25) is 0 Å². The van der Waals surface area contributed by atoms with Gasteiger partial charge in [-0.3, -0.25) is 9.69 Å². The van der Waals surface area contributed by atoms with Crippen molar-refractivity contribution in [2.45, 2.75) is 51.1 Å². The lowest BCUT2D eigenvalue weighted by Gasteiger charge is -2.40. The Morgan fingerprint density at radius 2 is 2.21 bits per heavy atom. The molecule has 0 heterocycles. The van der Waals surface area contributed by atoms with Crippen LogP contribution in [0.4, 0.5) is 0 Å². The normalized spacial score (nSPS) is 17.3. The second-order valence-electron chi connectivity index (χ2n) is 5.28. The number of carbonyl (C=O) groups excluding carboxylic acids is 1. The molecule has 0 aromatic rings. The van der Waals surface area contributed by atoms with Crippen molar-refractivity contribution in [2.75, 3.05) is 33.4 Å². The molecule has 1 aliphatic carbocycles. The highest BCUT2D eigenvalue weighted by molar-refractivity contribution is 5.81. The van der Waals surface area contributed by atoms with Gasteiger partial charge in [-0.1, -0.05) is 6.42 Å². The second-order valence-corrected chi connectivity index (χ2v) is 5.28. The molecule has 1 rings (SSSR count). The van der Waals surface area contributed by atoms with Crippen LogP contribution in [0.5, 0.6) is 0 Å². The van der Waals surface area contributed by atoms with E-state index in [-0.39, 0.29) is 11.9 Å². The van der Waals surface area contributed by atoms with Gasteiger partial charge in [0.05, 0.1) is 6.04 Å². The molecule has 1 amide bonds. The number of carbonyl (C=O) groups is 1. The molecule has 1 unspecified atom stereocenters. The Morgan fingerprint density at radius 1 is 1.47 bits per heavy atom. The van der Waals surface area contributed by atoms with E-state index in [0.717, 1.165) is 19.4 Å². The fraction of sp³-hybridized carbons (Fsp3) is 0.929. The van der Waals surface area contributed by atoms with E-state index in [4.69, 9.17) is 10.5 Å². The quantitative estimate of drug-likeness (QED) is 0.575. The Kier molecular flexibility index (Phi) is 8.02. The number of hydrogen-bond acceptors (Lipinski definition) is 4. The molecule has 0 bridgehead atoms. The van der Waals surface area contributed by atoms with E-state index in [1.807, 2.05) is 6.92 Å². The largest absolute Gasteiger partial charge is 0.385 e. The number of nitrogens with two attached hydrogens (primary N) is 1. The molecule has 1 fully saturated rings. The SMILES string of the molecule is COCCCNC(=O)C(C)N(CCCN)C1CCC1. The van der Waals surface area contributed by atoms with Gasteiger partial charge in [0.15, 0.2) is 0 Å². The zero-order valence-corrected chi connectivity index (χ0v) is 12.4. The molecule has 5 nitrogen and oxygen atoms in total. The Labute approximate surface area is 116 Å². The highest BCUT2D eigenvalue weighted by Crippen LogP contribution is 2.26. The number of rotatable bonds is 10. The van der Waals surface area contributed by atoms with E-state index in [9.17, 15) is 4.79 Å². The summed E-state index contributed by atoms with van der Waals surface area (Å²) in [7, 11) is 1.68. The van der Waals surface area contributed by atoms with Gasteiger partial charge in [0.1, 0.15) is 0 Å². The zero-order valence-electron chi connectivity index (χ0n) is 12.4. The summed E-state index contributed by atoms with van der Waals surface area (Å²) < 4.78 is 4.97. The van der Waals surface area contributed by atoms with Crippen molar-refractivity contribution in [2.24, 2.45) is 5.73 Å². The maximum atomic E-state index is 12.1. The van der Waals surface area contributed by atoms with Crippen LogP contribution in [0.25, 0.3) is 0 Å². The molecule has 0 aromatic heterocycles. The van der Waals surface area contributed by atoms with Gasteiger partial charge in [0, 0.05) is 32.8 Å². The van der Waals surface area contributed by atoms with E-state index in [1.54, 1.807) is 7.11 Å². The van der Waals surface area contributed by atoms with Crippen molar-refractivity contribution >= 4 is 5.91 Å². The van der Waals surface area contributed by atoms with Crippen molar-refractivity contribution in [1.82, 2.24) is 10.2 Å². The highest BCUT2D eigenvalue weighted by atomic mass is 16.5. The third-order valence-corrected chi connectivity index (χ3v) is 3.87. The number of amides is 1. The molecule has 5 heteroatoms. The Hall–Kier alpha value is -0.650. The van der Waals surface area contributed by atoms with Gasteiger partial charge in [-0.15, -0.1) is 0 Å². The summed E-state index contributed by atoms with van der Waals surface area (Å²) in [5.74, 6) is 0.125. The highest BCUT2D eigenvalue weighted by Gasteiger charge is 2.31. The molecule has 0 saturated heterocycles. The summed E-state index contributed by atoms with van der Waals surface area (Å²) in [4.78, 5) is 14.5. The van der Waals surface area contributed by atoms with Crippen LogP contribution in [0, 0.1) is 0 Å². The van der Waals surface area contributed by atoms with Crippen molar-refractivity contribution in [3.8, 4) is 0 Å². The van der Waals surface area contributed by atoms with Gasteiger partial charge in [0.2, 0.25) is 5.91 Å². The minimum Gasteiger partial charge on any atom is -0.385 e. The smallest absolute Gasteiger partial charge is 0.237 e. The monoisotopic (exact) mass is 271 g/mol. The Balaban J connectivity index is 2.35. The van der Waals surface area contributed by atoms with Crippen LogP contribution >= 0.6 is 0 Å². The van der Waals surface area contributed by atoms with Crippen molar-refractivity contribution in [3.05, 3.63) is 0 Å². The maximum absolute atomic E-state index is 12.1. The predicted octanol–water partition coefficient (Wildman–Crippen LogP) is 0.731. The predicted molar refractivity (Wildman–Crippen MR) is 77.0 cm³/mol. The molecule has 1 saturated carbocycles. The first-order valence-corrected chi connectivity index (χ1v) is 7.43. The average molecular weight is 271 g/mol. The van der Waals surface area contributed by atoms with Crippen LogP contribution < -0.4 is 11.1 Å². The molecule has 0 aromatic carbocycles. The average Bonchev–Trinajstić information content (AvgIpc) is 2.36. The molecular formula is C14H29N3O2. The fourth-order valence-corrected chi connectivity index (χ4v) is 2.41. The van der Waals surface area contributed by atoms with Crippen LogP contribution in [-0.4, -0.2) is 56.2 Å².